The van der Waals surface area contributed by atoms with Gasteiger partial charge in [-0.05, 0) is 43.7 Å². The Morgan fingerprint density at radius 1 is 1.09 bits per heavy atom. The Bertz CT molecular complexity index is 1430. The standard InChI is InChI=1S/C25H27N5O4S/c1-5-30-23-22(16(2)28-30)27-25(29(24(23)32)14-17-8-6-10-19(12-17)33-3)35-15-21(31)26-18-9-7-11-20(13-18)34-4/h6-13H,5,14-15H2,1-4H3,(H,26,31). The van der Waals surface area contributed by atoms with Crippen molar-refractivity contribution in [3.05, 3.63) is 70.1 Å². The second kappa shape index (κ2) is 10.6. The van der Waals surface area contributed by atoms with Gasteiger partial charge in [-0.1, -0.05) is 30.0 Å². The van der Waals surface area contributed by atoms with Crippen LogP contribution in [0.15, 0.2) is 58.5 Å². The highest BCUT2D eigenvalue weighted by Crippen LogP contribution is 2.23. The van der Waals surface area contributed by atoms with Crippen LogP contribution < -0.4 is 20.3 Å². The van der Waals surface area contributed by atoms with E-state index in [1.807, 2.05) is 38.1 Å². The summed E-state index contributed by atoms with van der Waals surface area (Å²) in [7, 11) is 3.17. The molecule has 9 nitrogen and oxygen atoms in total. The number of aryl methyl sites for hydroxylation is 2. The lowest BCUT2D eigenvalue weighted by Gasteiger charge is -2.13. The van der Waals surface area contributed by atoms with E-state index in [9.17, 15) is 9.59 Å². The lowest BCUT2D eigenvalue weighted by Crippen LogP contribution is -2.26. The smallest absolute Gasteiger partial charge is 0.280 e. The summed E-state index contributed by atoms with van der Waals surface area (Å²) in [5, 5.41) is 7.78. The molecule has 4 aromatic rings. The summed E-state index contributed by atoms with van der Waals surface area (Å²) < 4.78 is 13.8. The number of ether oxygens (including phenoxy) is 2. The van der Waals surface area contributed by atoms with E-state index in [1.165, 1.54) is 11.8 Å². The van der Waals surface area contributed by atoms with E-state index in [4.69, 9.17) is 14.5 Å². The van der Waals surface area contributed by atoms with Gasteiger partial charge in [0.15, 0.2) is 10.7 Å². The maximum absolute atomic E-state index is 13.6. The van der Waals surface area contributed by atoms with Gasteiger partial charge < -0.3 is 14.8 Å². The fourth-order valence-electron chi connectivity index (χ4n) is 3.75. The highest BCUT2D eigenvalue weighted by Gasteiger charge is 2.19. The van der Waals surface area contributed by atoms with Crippen LogP contribution >= 0.6 is 11.8 Å². The van der Waals surface area contributed by atoms with Crippen LogP contribution in [0.3, 0.4) is 0 Å². The third-order valence-electron chi connectivity index (χ3n) is 5.44. The molecular formula is C25H27N5O4S. The predicted octanol–water partition coefficient (Wildman–Crippen LogP) is 3.72. The molecule has 2 aromatic carbocycles. The zero-order chi connectivity index (χ0) is 24.9. The Kier molecular flexibility index (Phi) is 7.40. The number of methoxy groups -OCH3 is 2. The first-order valence-electron chi connectivity index (χ1n) is 11.1. The summed E-state index contributed by atoms with van der Waals surface area (Å²) >= 11 is 1.21. The van der Waals surface area contributed by atoms with Crippen molar-refractivity contribution < 1.29 is 14.3 Å². The molecule has 0 radical (unpaired) electrons. The Hall–Kier alpha value is -3.79. The molecule has 0 saturated carbocycles. The van der Waals surface area contributed by atoms with E-state index < -0.39 is 0 Å². The van der Waals surface area contributed by atoms with Crippen LogP contribution in [0.1, 0.15) is 18.2 Å². The van der Waals surface area contributed by atoms with Crippen molar-refractivity contribution in [3.8, 4) is 11.5 Å². The summed E-state index contributed by atoms with van der Waals surface area (Å²) in [6.45, 7) is 4.60. The SMILES string of the molecule is CCn1nc(C)c2nc(SCC(=O)Nc3cccc(OC)c3)n(Cc3cccc(OC)c3)c(=O)c21. The molecule has 0 spiro atoms. The average molecular weight is 494 g/mol. The lowest BCUT2D eigenvalue weighted by molar-refractivity contribution is -0.113. The van der Waals surface area contributed by atoms with Gasteiger partial charge in [-0.3, -0.25) is 18.8 Å². The molecule has 0 aliphatic heterocycles. The van der Waals surface area contributed by atoms with Crippen LogP contribution in [0, 0.1) is 6.92 Å². The zero-order valence-electron chi connectivity index (χ0n) is 20.1. The van der Waals surface area contributed by atoms with Crippen LogP contribution in [-0.4, -0.2) is 45.2 Å². The highest BCUT2D eigenvalue weighted by molar-refractivity contribution is 7.99. The molecule has 10 heteroatoms. The lowest BCUT2D eigenvalue weighted by atomic mass is 10.2. The van der Waals surface area contributed by atoms with Gasteiger partial charge in [0.05, 0.1) is 32.2 Å². The van der Waals surface area contributed by atoms with E-state index in [-0.39, 0.29) is 23.8 Å². The number of thioether (sulfide) groups is 1. The Morgan fingerprint density at radius 3 is 2.51 bits per heavy atom. The summed E-state index contributed by atoms with van der Waals surface area (Å²) in [4.78, 5) is 31.1. The monoisotopic (exact) mass is 493 g/mol. The number of rotatable bonds is 9. The molecule has 0 atom stereocenters. The molecule has 2 heterocycles. The number of amides is 1. The molecule has 4 rings (SSSR count). The fraction of sp³-hybridized carbons (Fsp3) is 0.280. The van der Waals surface area contributed by atoms with E-state index in [0.717, 1.165) is 5.56 Å². The minimum Gasteiger partial charge on any atom is -0.497 e. The molecule has 1 amide bonds. The first kappa shape index (κ1) is 24.3. The number of hydrogen-bond donors (Lipinski definition) is 1. The molecule has 0 fully saturated rings. The second-order valence-corrected chi connectivity index (χ2v) is 8.75. The van der Waals surface area contributed by atoms with Gasteiger partial charge in [0.25, 0.3) is 5.56 Å². The number of benzene rings is 2. The summed E-state index contributed by atoms with van der Waals surface area (Å²) in [5.74, 6) is 1.21. The molecule has 35 heavy (non-hydrogen) atoms. The maximum Gasteiger partial charge on any atom is 0.280 e. The number of nitrogens with one attached hydrogen (secondary N) is 1. The molecule has 1 N–H and O–H groups in total. The number of aromatic nitrogens is 4. The molecule has 0 bridgehead atoms. The second-order valence-electron chi connectivity index (χ2n) is 7.80. The van der Waals surface area contributed by atoms with Gasteiger partial charge in [0, 0.05) is 18.3 Å². The summed E-state index contributed by atoms with van der Waals surface area (Å²) in [6, 6.07) is 14.7. The topological polar surface area (TPSA) is 100 Å². The van der Waals surface area contributed by atoms with Crippen LogP contribution in [0.25, 0.3) is 11.0 Å². The van der Waals surface area contributed by atoms with Gasteiger partial charge in [-0.25, -0.2) is 4.98 Å². The molecule has 2 aromatic heterocycles. The van der Waals surface area contributed by atoms with Crippen molar-refractivity contribution in [1.82, 2.24) is 19.3 Å². The number of anilines is 1. The first-order chi connectivity index (χ1) is 16.9. The summed E-state index contributed by atoms with van der Waals surface area (Å²) in [5.41, 5.74) is 3.00. The fourth-order valence-corrected chi connectivity index (χ4v) is 4.54. The normalized spacial score (nSPS) is 11.0. The third-order valence-corrected chi connectivity index (χ3v) is 6.42. The van der Waals surface area contributed by atoms with Crippen molar-refractivity contribution in [2.45, 2.75) is 32.1 Å². The van der Waals surface area contributed by atoms with E-state index >= 15 is 0 Å². The molecule has 0 aliphatic rings. The van der Waals surface area contributed by atoms with E-state index in [2.05, 4.69) is 10.4 Å². The zero-order valence-corrected chi connectivity index (χ0v) is 20.9. The molecular weight excluding hydrogens is 466 g/mol. The number of carbonyl (C=O) groups is 1. The number of carbonyl (C=O) groups excluding carboxylic acids is 1. The van der Waals surface area contributed by atoms with E-state index in [0.29, 0.717) is 45.6 Å². The number of fused-ring (bicyclic) bond motifs is 1. The molecule has 0 unspecified atom stereocenters. The number of hydrogen-bond acceptors (Lipinski definition) is 7. The number of nitrogens with zero attached hydrogens (tertiary/aromatic N) is 4. The largest absolute Gasteiger partial charge is 0.497 e. The van der Waals surface area contributed by atoms with Crippen molar-refractivity contribution in [3.63, 3.8) is 0 Å². The van der Waals surface area contributed by atoms with Gasteiger partial charge in [-0.15, -0.1) is 0 Å². The van der Waals surface area contributed by atoms with Crippen molar-refractivity contribution in [2.24, 2.45) is 0 Å². The Labute approximate surface area is 207 Å². The van der Waals surface area contributed by atoms with Gasteiger partial charge in [0.1, 0.15) is 17.0 Å². The predicted molar refractivity (Wildman–Crippen MR) is 137 cm³/mol. The van der Waals surface area contributed by atoms with E-state index in [1.54, 1.807) is 47.7 Å². The average Bonchev–Trinajstić information content (AvgIpc) is 3.20. The Balaban J connectivity index is 1.66. The quantitative estimate of drug-likeness (QED) is 0.280. The van der Waals surface area contributed by atoms with Crippen LogP contribution in [0.4, 0.5) is 5.69 Å². The van der Waals surface area contributed by atoms with Crippen LogP contribution in [0.5, 0.6) is 11.5 Å². The minimum atomic E-state index is -0.216. The third kappa shape index (κ3) is 5.32. The molecule has 182 valence electrons. The maximum atomic E-state index is 13.6. The van der Waals surface area contributed by atoms with Gasteiger partial charge >= 0.3 is 0 Å². The summed E-state index contributed by atoms with van der Waals surface area (Å²) in [6.07, 6.45) is 0. The van der Waals surface area contributed by atoms with Crippen molar-refractivity contribution in [1.29, 1.82) is 0 Å². The molecule has 0 aliphatic carbocycles. The van der Waals surface area contributed by atoms with Gasteiger partial charge in [-0.2, -0.15) is 5.10 Å². The minimum absolute atomic E-state index is 0.0776. The van der Waals surface area contributed by atoms with Crippen molar-refractivity contribution in [2.75, 3.05) is 25.3 Å². The molecule has 0 saturated heterocycles. The van der Waals surface area contributed by atoms with Crippen LogP contribution in [-0.2, 0) is 17.9 Å². The van der Waals surface area contributed by atoms with Crippen LogP contribution in [0.2, 0.25) is 0 Å². The Morgan fingerprint density at radius 2 is 1.80 bits per heavy atom. The van der Waals surface area contributed by atoms with Gasteiger partial charge in [0.2, 0.25) is 5.91 Å². The first-order valence-corrected chi connectivity index (χ1v) is 12.1. The van der Waals surface area contributed by atoms with Crippen molar-refractivity contribution >= 4 is 34.4 Å². The highest BCUT2D eigenvalue weighted by atomic mass is 32.2.